The molecule has 1 aromatic heterocycles. The average molecular weight is 275 g/mol. The number of ether oxygens (including phenoxy) is 2. The number of benzene rings is 1. The van der Waals surface area contributed by atoms with E-state index in [1.54, 1.807) is 6.20 Å². The third-order valence-electron chi connectivity index (χ3n) is 2.71. The summed E-state index contributed by atoms with van der Waals surface area (Å²) in [5.41, 5.74) is 6.67. The summed E-state index contributed by atoms with van der Waals surface area (Å²) in [7, 11) is 0. The lowest BCUT2D eigenvalue weighted by atomic mass is 10.3. The molecule has 0 amide bonds. The van der Waals surface area contributed by atoms with Crippen molar-refractivity contribution in [2.75, 3.05) is 13.2 Å². The number of nitrogens with two attached hydrogens (primary N) is 1. The maximum Gasteiger partial charge on any atom is 0.162 e. The molecule has 0 fully saturated rings. The van der Waals surface area contributed by atoms with E-state index >= 15 is 0 Å². The molecule has 0 aliphatic carbocycles. The Morgan fingerprint density at radius 1 is 1.16 bits per heavy atom. The molecule has 19 heavy (non-hydrogen) atoms. The average Bonchev–Trinajstić information content (AvgIpc) is 2.48. The Bertz CT molecular complexity index is 592. The van der Waals surface area contributed by atoms with E-state index in [0.29, 0.717) is 19.8 Å². The topological polar surface area (TPSA) is 70.3 Å². The number of nitrogens with zero attached hydrogens (tertiary/aromatic N) is 2. The van der Waals surface area contributed by atoms with Crippen LogP contribution in [0.25, 0.3) is 0 Å². The Morgan fingerprint density at radius 2 is 2.00 bits per heavy atom. The molecule has 1 aliphatic heterocycles. The summed E-state index contributed by atoms with van der Waals surface area (Å²) in [6, 6.07) is 7.73. The lowest BCUT2D eigenvalue weighted by Gasteiger charge is -2.18. The predicted molar refractivity (Wildman–Crippen MR) is 71.5 cm³/mol. The molecule has 1 aromatic carbocycles. The highest BCUT2D eigenvalue weighted by Crippen LogP contribution is 2.36. The van der Waals surface area contributed by atoms with Gasteiger partial charge in [0.1, 0.15) is 18.2 Å². The molecule has 0 saturated heterocycles. The zero-order valence-corrected chi connectivity index (χ0v) is 11.0. The molecule has 0 radical (unpaired) electrons. The van der Waals surface area contributed by atoms with Crippen LogP contribution in [0.4, 0.5) is 0 Å². The lowest BCUT2D eigenvalue weighted by Crippen LogP contribution is -2.15. The number of rotatable bonds is 3. The van der Waals surface area contributed by atoms with E-state index in [-0.39, 0.29) is 0 Å². The summed E-state index contributed by atoms with van der Waals surface area (Å²) in [4.78, 5) is 1.03. The largest absolute Gasteiger partial charge is 0.486 e. The fourth-order valence-corrected chi connectivity index (χ4v) is 2.68. The van der Waals surface area contributed by atoms with E-state index < -0.39 is 0 Å². The summed E-state index contributed by atoms with van der Waals surface area (Å²) in [6.45, 7) is 1.63. The van der Waals surface area contributed by atoms with Gasteiger partial charge in [0.15, 0.2) is 11.5 Å². The van der Waals surface area contributed by atoms with E-state index in [1.165, 1.54) is 11.8 Å². The summed E-state index contributed by atoms with van der Waals surface area (Å²) in [5, 5.41) is 8.83. The summed E-state index contributed by atoms with van der Waals surface area (Å²) in [5.74, 6) is 1.56. The van der Waals surface area contributed by atoms with Crippen LogP contribution in [0.5, 0.6) is 11.5 Å². The fourth-order valence-electron chi connectivity index (χ4n) is 1.78. The van der Waals surface area contributed by atoms with Gasteiger partial charge in [-0.1, -0.05) is 11.8 Å². The molecule has 6 heteroatoms. The second-order valence-corrected chi connectivity index (χ2v) is 5.04. The van der Waals surface area contributed by atoms with Crippen molar-refractivity contribution in [3.63, 3.8) is 0 Å². The Kier molecular flexibility index (Phi) is 3.52. The SMILES string of the molecule is NCc1ccnnc1Sc1ccc2c(c1)OCCO2. The Hall–Kier alpha value is -1.79. The summed E-state index contributed by atoms with van der Waals surface area (Å²) < 4.78 is 11.1. The normalized spacial score (nSPS) is 13.3. The van der Waals surface area contributed by atoms with Crippen LogP contribution in [0.1, 0.15) is 5.56 Å². The van der Waals surface area contributed by atoms with Gasteiger partial charge in [0, 0.05) is 23.2 Å². The lowest BCUT2D eigenvalue weighted by molar-refractivity contribution is 0.171. The first-order valence-electron chi connectivity index (χ1n) is 5.95. The minimum absolute atomic E-state index is 0.447. The van der Waals surface area contributed by atoms with Crippen molar-refractivity contribution in [1.82, 2.24) is 10.2 Å². The monoisotopic (exact) mass is 275 g/mol. The first-order chi connectivity index (χ1) is 9.36. The molecule has 0 unspecified atom stereocenters. The van der Waals surface area contributed by atoms with Gasteiger partial charge in [-0.3, -0.25) is 0 Å². The van der Waals surface area contributed by atoms with E-state index in [4.69, 9.17) is 15.2 Å². The van der Waals surface area contributed by atoms with Gasteiger partial charge in [0.25, 0.3) is 0 Å². The van der Waals surface area contributed by atoms with Crippen LogP contribution in [0.2, 0.25) is 0 Å². The maximum atomic E-state index is 5.69. The van der Waals surface area contributed by atoms with Gasteiger partial charge in [-0.15, -0.1) is 5.10 Å². The molecule has 5 nitrogen and oxygen atoms in total. The number of fused-ring (bicyclic) bond motifs is 1. The van der Waals surface area contributed by atoms with E-state index in [0.717, 1.165) is 27.0 Å². The quantitative estimate of drug-likeness (QED) is 0.922. The molecule has 0 bridgehead atoms. The van der Waals surface area contributed by atoms with Crippen molar-refractivity contribution in [1.29, 1.82) is 0 Å². The second-order valence-electron chi connectivity index (χ2n) is 3.97. The zero-order chi connectivity index (χ0) is 13.1. The summed E-state index contributed by atoms with van der Waals surface area (Å²) >= 11 is 1.52. The summed E-state index contributed by atoms with van der Waals surface area (Å²) in [6.07, 6.45) is 1.65. The van der Waals surface area contributed by atoms with Crippen molar-refractivity contribution < 1.29 is 9.47 Å². The number of hydrogen-bond acceptors (Lipinski definition) is 6. The first-order valence-corrected chi connectivity index (χ1v) is 6.76. The third kappa shape index (κ3) is 2.64. The van der Waals surface area contributed by atoms with Crippen LogP contribution in [0.15, 0.2) is 40.4 Å². The standard InChI is InChI=1S/C13H13N3O2S/c14-8-9-3-4-15-16-13(9)19-10-1-2-11-12(7-10)18-6-5-17-11/h1-4,7H,5-6,8,14H2. The molecular weight excluding hydrogens is 262 g/mol. The highest BCUT2D eigenvalue weighted by molar-refractivity contribution is 7.99. The van der Waals surface area contributed by atoms with Crippen molar-refractivity contribution >= 4 is 11.8 Å². The Balaban J connectivity index is 1.87. The highest BCUT2D eigenvalue weighted by Gasteiger charge is 2.13. The Morgan fingerprint density at radius 3 is 2.84 bits per heavy atom. The first kappa shape index (κ1) is 12.3. The molecule has 2 N–H and O–H groups in total. The van der Waals surface area contributed by atoms with Crippen molar-refractivity contribution in [3.8, 4) is 11.5 Å². The van der Waals surface area contributed by atoms with Crippen LogP contribution < -0.4 is 15.2 Å². The van der Waals surface area contributed by atoms with E-state index in [1.807, 2.05) is 24.3 Å². The highest BCUT2D eigenvalue weighted by atomic mass is 32.2. The van der Waals surface area contributed by atoms with Gasteiger partial charge < -0.3 is 15.2 Å². The molecule has 0 atom stereocenters. The molecular formula is C13H13N3O2S. The predicted octanol–water partition coefficient (Wildman–Crippen LogP) is 1.86. The van der Waals surface area contributed by atoms with Crippen molar-refractivity contribution in [2.24, 2.45) is 5.73 Å². The minimum Gasteiger partial charge on any atom is -0.486 e. The van der Waals surface area contributed by atoms with Gasteiger partial charge >= 0.3 is 0 Å². The molecule has 0 saturated carbocycles. The van der Waals surface area contributed by atoms with Gasteiger partial charge in [-0.05, 0) is 24.3 Å². The maximum absolute atomic E-state index is 5.69. The third-order valence-corrected chi connectivity index (χ3v) is 3.74. The molecule has 98 valence electrons. The molecule has 2 heterocycles. The Labute approximate surface area is 115 Å². The van der Waals surface area contributed by atoms with Crippen molar-refractivity contribution in [2.45, 2.75) is 16.5 Å². The minimum atomic E-state index is 0.447. The molecule has 0 spiro atoms. The number of hydrogen-bond donors (Lipinski definition) is 1. The van der Waals surface area contributed by atoms with Crippen LogP contribution >= 0.6 is 11.8 Å². The van der Waals surface area contributed by atoms with Gasteiger partial charge in [0.2, 0.25) is 0 Å². The van der Waals surface area contributed by atoms with Crippen LogP contribution in [0, 0.1) is 0 Å². The smallest absolute Gasteiger partial charge is 0.162 e. The van der Waals surface area contributed by atoms with Gasteiger partial charge in [-0.25, -0.2) is 0 Å². The van der Waals surface area contributed by atoms with Crippen LogP contribution in [-0.2, 0) is 6.54 Å². The number of aromatic nitrogens is 2. The van der Waals surface area contributed by atoms with E-state index in [9.17, 15) is 0 Å². The second kappa shape index (κ2) is 5.46. The zero-order valence-electron chi connectivity index (χ0n) is 10.2. The van der Waals surface area contributed by atoms with Crippen LogP contribution in [0.3, 0.4) is 0 Å². The van der Waals surface area contributed by atoms with E-state index in [2.05, 4.69) is 10.2 Å². The molecule has 3 rings (SSSR count). The molecule has 2 aromatic rings. The fraction of sp³-hybridized carbons (Fsp3) is 0.231. The van der Waals surface area contributed by atoms with Gasteiger partial charge in [0.05, 0.1) is 0 Å². The molecule has 1 aliphatic rings. The van der Waals surface area contributed by atoms with Crippen LogP contribution in [-0.4, -0.2) is 23.4 Å². The van der Waals surface area contributed by atoms with Gasteiger partial charge in [-0.2, -0.15) is 5.10 Å². The van der Waals surface area contributed by atoms with Crippen molar-refractivity contribution in [3.05, 3.63) is 36.0 Å².